The summed E-state index contributed by atoms with van der Waals surface area (Å²) < 4.78 is 26.8. The minimum atomic E-state index is -1.10. The summed E-state index contributed by atoms with van der Waals surface area (Å²) in [6.07, 6.45) is 1.54. The van der Waals surface area contributed by atoms with Gasteiger partial charge in [0.1, 0.15) is 11.5 Å². The van der Waals surface area contributed by atoms with Gasteiger partial charge in [0.05, 0.1) is 26.9 Å². The molecule has 2 aromatic carbocycles. The van der Waals surface area contributed by atoms with Crippen LogP contribution in [0.25, 0.3) is 6.08 Å². The highest BCUT2D eigenvalue weighted by atomic mass is 16.5. The first-order valence-electron chi connectivity index (χ1n) is 8.20. The van der Waals surface area contributed by atoms with E-state index in [0.29, 0.717) is 39.9 Å². The van der Waals surface area contributed by atoms with Gasteiger partial charge in [0.15, 0.2) is 23.9 Å². The lowest BCUT2D eigenvalue weighted by atomic mass is 10.1. The van der Waals surface area contributed by atoms with Crippen LogP contribution in [0.3, 0.4) is 0 Å². The van der Waals surface area contributed by atoms with E-state index in [0.717, 1.165) is 0 Å². The Hall–Kier alpha value is -3.68. The maximum absolute atomic E-state index is 12.6. The predicted molar refractivity (Wildman–Crippen MR) is 98.6 cm³/mol. The van der Waals surface area contributed by atoms with Crippen molar-refractivity contribution < 1.29 is 38.4 Å². The summed E-state index contributed by atoms with van der Waals surface area (Å²) >= 11 is 0. The summed E-state index contributed by atoms with van der Waals surface area (Å²) in [5, 5.41) is 8.70. The number of carbonyl (C=O) groups excluding carboxylic acids is 1. The van der Waals surface area contributed by atoms with Crippen molar-refractivity contribution in [2.45, 2.75) is 0 Å². The molecule has 0 bridgehead atoms. The standard InChI is InChI=1S/C20H18O8/c1-24-14-7-4-11(19(25-2)20(14)26-3)8-16-18(23)13-6-5-12(9-15(13)28-16)27-10-17(21)22/h4-9H,10H2,1-3H3,(H,21,22)/b16-8+. The topological polar surface area (TPSA) is 101 Å². The van der Waals surface area contributed by atoms with Crippen LogP contribution in [0.4, 0.5) is 0 Å². The Morgan fingerprint density at radius 1 is 1.07 bits per heavy atom. The normalized spacial score (nSPS) is 13.7. The third-order valence-corrected chi connectivity index (χ3v) is 4.02. The van der Waals surface area contributed by atoms with E-state index in [9.17, 15) is 9.59 Å². The number of hydrogen-bond donors (Lipinski definition) is 1. The van der Waals surface area contributed by atoms with Gasteiger partial charge < -0.3 is 28.8 Å². The molecule has 0 atom stereocenters. The summed E-state index contributed by atoms with van der Waals surface area (Å²) in [5.74, 6) is 0.547. The van der Waals surface area contributed by atoms with Gasteiger partial charge in [-0.15, -0.1) is 0 Å². The molecule has 0 radical (unpaired) electrons. The van der Waals surface area contributed by atoms with Crippen molar-refractivity contribution in [3.63, 3.8) is 0 Å². The largest absolute Gasteiger partial charge is 0.493 e. The van der Waals surface area contributed by atoms with Gasteiger partial charge in [-0.2, -0.15) is 0 Å². The van der Waals surface area contributed by atoms with Gasteiger partial charge in [-0.25, -0.2) is 4.79 Å². The van der Waals surface area contributed by atoms with E-state index < -0.39 is 12.6 Å². The number of Topliss-reactive ketones (excluding diaryl/α,β-unsaturated/α-hetero) is 1. The summed E-state index contributed by atoms with van der Waals surface area (Å²) in [7, 11) is 4.49. The fourth-order valence-electron chi connectivity index (χ4n) is 2.78. The molecule has 0 amide bonds. The van der Waals surface area contributed by atoms with Gasteiger partial charge in [0.25, 0.3) is 0 Å². The van der Waals surface area contributed by atoms with Crippen LogP contribution in [0.2, 0.25) is 0 Å². The molecule has 3 rings (SSSR count). The van der Waals surface area contributed by atoms with E-state index in [1.807, 2.05) is 0 Å². The Labute approximate surface area is 160 Å². The molecule has 28 heavy (non-hydrogen) atoms. The molecular weight excluding hydrogens is 368 g/mol. The minimum Gasteiger partial charge on any atom is -0.493 e. The molecular formula is C20H18O8. The minimum absolute atomic E-state index is 0.0934. The first-order chi connectivity index (χ1) is 13.5. The second-order valence-corrected chi connectivity index (χ2v) is 5.70. The van der Waals surface area contributed by atoms with Gasteiger partial charge in [-0.05, 0) is 30.3 Å². The summed E-state index contributed by atoms with van der Waals surface area (Å²) in [6.45, 7) is -0.488. The molecule has 1 N–H and O–H groups in total. The molecule has 1 heterocycles. The maximum Gasteiger partial charge on any atom is 0.341 e. The lowest BCUT2D eigenvalue weighted by Crippen LogP contribution is -2.09. The highest BCUT2D eigenvalue weighted by Crippen LogP contribution is 2.42. The number of allylic oxidation sites excluding steroid dienone is 1. The first kappa shape index (κ1) is 19.1. The zero-order chi connectivity index (χ0) is 20.3. The van der Waals surface area contributed by atoms with Crippen molar-refractivity contribution in [2.75, 3.05) is 27.9 Å². The molecule has 2 aromatic rings. The molecule has 0 spiro atoms. The first-order valence-corrected chi connectivity index (χ1v) is 8.20. The van der Waals surface area contributed by atoms with Gasteiger partial charge in [-0.3, -0.25) is 4.79 Å². The van der Waals surface area contributed by atoms with E-state index in [1.54, 1.807) is 18.2 Å². The van der Waals surface area contributed by atoms with Gasteiger partial charge in [0, 0.05) is 11.6 Å². The maximum atomic E-state index is 12.6. The monoisotopic (exact) mass is 386 g/mol. The van der Waals surface area contributed by atoms with Crippen molar-refractivity contribution in [3.8, 4) is 28.7 Å². The molecule has 1 aliphatic heterocycles. The van der Waals surface area contributed by atoms with Crippen LogP contribution in [-0.2, 0) is 4.79 Å². The third kappa shape index (κ3) is 3.57. The molecule has 0 saturated carbocycles. The van der Waals surface area contributed by atoms with Crippen LogP contribution in [0.15, 0.2) is 36.1 Å². The molecule has 8 nitrogen and oxygen atoms in total. The van der Waals surface area contributed by atoms with Crippen molar-refractivity contribution in [2.24, 2.45) is 0 Å². The second kappa shape index (κ2) is 7.91. The van der Waals surface area contributed by atoms with E-state index in [4.69, 9.17) is 28.8 Å². The van der Waals surface area contributed by atoms with Gasteiger partial charge in [0.2, 0.25) is 11.5 Å². The number of ether oxygens (including phenoxy) is 5. The summed E-state index contributed by atoms with van der Waals surface area (Å²) in [6, 6.07) is 7.93. The van der Waals surface area contributed by atoms with Crippen molar-refractivity contribution >= 4 is 17.8 Å². The van der Waals surface area contributed by atoms with E-state index in [-0.39, 0.29) is 11.5 Å². The average molecular weight is 386 g/mol. The molecule has 0 saturated heterocycles. The Balaban J connectivity index is 1.93. The Morgan fingerprint density at radius 2 is 1.82 bits per heavy atom. The number of methoxy groups -OCH3 is 3. The van der Waals surface area contributed by atoms with E-state index in [2.05, 4.69) is 0 Å². The lowest BCUT2D eigenvalue weighted by molar-refractivity contribution is -0.139. The van der Waals surface area contributed by atoms with Crippen LogP contribution >= 0.6 is 0 Å². The quantitative estimate of drug-likeness (QED) is 0.725. The van der Waals surface area contributed by atoms with Crippen molar-refractivity contribution in [1.29, 1.82) is 0 Å². The number of ketones is 1. The number of fused-ring (bicyclic) bond motifs is 1. The molecule has 1 aliphatic rings. The summed E-state index contributed by atoms with van der Waals surface area (Å²) in [5.41, 5.74) is 0.923. The fourth-order valence-corrected chi connectivity index (χ4v) is 2.78. The van der Waals surface area contributed by atoms with Crippen LogP contribution in [-0.4, -0.2) is 44.8 Å². The number of hydrogen-bond acceptors (Lipinski definition) is 7. The Morgan fingerprint density at radius 3 is 2.46 bits per heavy atom. The van der Waals surface area contributed by atoms with Crippen LogP contribution in [0.5, 0.6) is 28.7 Å². The molecule has 0 unspecified atom stereocenters. The van der Waals surface area contributed by atoms with Crippen LogP contribution in [0, 0.1) is 0 Å². The highest BCUT2D eigenvalue weighted by Gasteiger charge is 2.28. The Bertz CT molecular complexity index is 961. The number of aliphatic carboxylic acids is 1. The second-order valence-electron chi connectivity index (χ2n) is 5.70. The SMILES string of the molecule is COc1ccc(/C=C2/Oc3cc(OCC(=O)O)ccc3C2=O)c(OC)c1OC. The molecule has 0 fully saturated rings. The predicted octanol–water partition coefficient (Wildman–Crippen LogP) is 2.79. The number of carbonyl (C=O) groups is 2. The molecule has 146 valence electrons. The lowest BCUT2D eigenvalue weighted by Gasteiger charge is -2.14. The zero-order valence-electron chi connectivity index (χ0n) is 15.5. The average Bonchev–Trinajstić information content (AvgIpc) is 3.00. The number of carboxylic acids is 1. The number of rotatable bonds is 7. The summed E-state index contributed by atoms with van der Waals surface area (Å²) in [4.78, 5) is 23.3. The van der Waals surface area contributed by atoms with Gasteiger partial charge in [-0.1, -0.05) is 0 Å². The number of carboxylic acid groups (broad SMARTS) is 1. The fraction of sp³-hybridized carbons (Fsp3) is 0.200. The van der Waals surface area contributed by atoms with E-state index in [1.165, 1.54) is 39.5 Å². The molecule has 0 aliphatic carbocycles. The molecule has 8 heteroatoms. The Kier molecular flexibility index (Phi) is 5.39. The van der Waals surface area contributed by atoms with Crippen molar-refractivity contribution in [1.82, 2.24) is 0 Å². The van der Waals surface area contributed by atoms with E-state index >= 15 is 0 Å². The van der Waals surface area contributed by atoms with Crippen molar-refractivity contribution in [3.05, 3.63) is 47.2 Å². The highest BCUT2D eigenvalue weighted by molar-refractivity contribution is 6.14. The third-order valence-electron chi connectivity index (χ3n) is 4.02. The molecule has 0 aromatic heterocycles. The van der Waals surface area contributed by atoms with Crippen LogP contribution < -0.4 is 23.7 Å². The van der Waals surface area contributed by atoms with Gasteiger partial charge >= 0.3 is 5.97 Å². The van der Waals surface area contributed by atoms with Crippen LogP contribution in [0.1, 0.15) is 15.9 Å². The smallest absolute Gasteiger partial charge is 0.341 e. The number of benzene rings is 2. The zero-order valence-corrected chi connectivity index (χ0v) is 15.5.